The molecule has 172 valence electrons. The van der Waals surface area contributed by atoms with Crippen molar-refractivity contribution in [2.24, 2.45) is 0 Å². The normalized spacial score (nSPS) is 13.7. The molecule has 1 aromatic heterocycles. The van der Waals surface area contributed by atoms with Crippen LogP contribution >= 0.6 is 0 Å². The van der Waals surface area contributed by atoms with Gasteiger partial charge in [-0.3, -0.25) is 4.79 Å². The smallest absolute Gasteiger partial charge is 0.231 e. The molecule has 1 aliphatic rings. The number of aromatic nitrogens is 1. The van der Waals surface area contributed by atoms with Crippen molar-refractivity contribution < 1.29 is 23.7 Å². The molecule has 0 aliphatic carbocycles. The fourth-order valence-corrected chi connectivity index (χ4v) is 4.09. The van der Waals surface area contributed by atoms with Crippen LogP contribution in [-0.4, -0.2) is 24.6 Å². The summed E-state index contributed by atoms with van der Waals surface area (Å²) in [5.74, 6) is 2.85. The Bertz CT molecular complexity index is 1400. The van der Waals surface area contributed by atoms with E-state index in [1.54, 1.807) is 38.5 Å². The first-order valence-corrected chi connectivity index (χ1v) is 11.1. The zero-order chi connectivity index (χ0) is 23.7. The molecule has 0 amide bonds. The lowest BCUT2D eigenvalue weighted by atomic mass is 10.1. The van der Waals surface area contributed by atoms with Crippen LogP contribution in [0, 0.1) is 0 Å². The van der Waals surface area contributed by atoms with Gasteiger partial charge in [-0.15, -0.1) is 0 Å². The van der Waals surface area contributed by atoms with Gasteiger partial charge in [0.05, 0.1) is 19.8 Å². The van der Waals surface area contributed by atoms with Crippen LogP contribution in [0.4, 0.5) is 0 Å². The Hall–Kier alpha value is -4.19. The molecule has 0 unspecified atom stereocenters. The number of aryl methyl sites for hydroxylation is 1. The fraction of sp³-hybridized carbons (Fsp3) is 0.179. The summed E-state index contributed by atoms with van der Waals surface area (Å²) in [5.41, 5.74) is 3.52. The van der Waals surface area contributed by atoms with Crippen molar-refractivity contribution >= 4 is 22.8 Å². The first-order chi connectivity index (χ1) is 16.6. The second-order valence-corrected chi connectivity index (χ2v) is 7.99. The molecule has 6 nitrogen and oxygen atoms in total. The second kappa shape index (κ2) is 8.98. The van der Waals surface area contributed by atoms with Gasteiger partial charge in [-0.25, -0.2) is 0 Å². The van der Waals surface area contributed by atoms with Gasteiger partial charge in [0.1, 0.15) is 29.6 Å². The summed E-state index contributed by atoms with van der Waals surface area (Å²) in [6.07, 6.45) is 3.83. The molecular weight excluding hydrogens is 430 g/mol. The molecular formula is C28H25NO5. The largest absolute Gasteiger partial charge is 0.497 e. The average Bonchev–Trinajstić information content (AvgIpc) is 3.39. The van der Waals surface area contributed by atoms with Gasteiger partial charge in [0, 0.05) is 35.3 Å². The van der Waals surface area contributed by atoms with Crippen LogP contribution in [0.1, 0.15) is 28.4 Å². The predicted octanol–water partition coefficient (Wildman–Crippen LogP) is 5.87. The van der Waals surface area contributed by atoms with Crippen LogP contribution in [0.25, 0.3) is 17.0 Å². The Balaban J connectivity index is 1.39. The summed E-state index contributed by atoms with van der Waals surface area (Å²) in [6.45, 7) is 3.30. The number of fused-ring (bicyclic) bond motifs is 2. The van der Waals surface area contributed by atoms with Gasteiger partial charge >= 0.3 is 0 Å². The molecule has 34 heavy (non-hydrogen) atoms. The molecule has 1 aliphatic heterocycles. The number of ether oxygens (including phenoxy) is 4. The van der Waals surface area contributed by atoms with E-state index in [0.717, 1.165) is 40.1 Å². The molecule has 0 bridgehead atoms. The minimum absolute atomic E-state index is 0.142. The molecule has 6 heteroatoms. The van der Waals surface area contributed by atoms with E-state index in [2.05, 4.69) is 11.5 Å². The van der Waals surface area contributed by atoms with E-state index >= 15 is 0 Å². The molecule has 2 heterocycles. The topological polar surface area (TPSA) is 58.9 Å². The van der Waals surface area contributed by atoms with E-state index in [0.29, 0.717) is 29.4 Å². The highest BCUT2D eigenvalue weighted by Gasteiger charge is 2.28. The number of hydrogen-bond donors (Lipinski definition) is 0. The van der Waals surface area contributed by atoms with Gasteiger partial charge in [-0.1, -0.05) is 12.1 Å². The van der Waals surface area contributed by atoms with Crippen LogP contribution < -0.4 is 18.9 Å². The van der Waals surface area contributed by atoms with Crippen LogP contribution in [-0.2, 0) is 13.2 Å². The minimum Gasteiger partial charge on any atom is -0.497 e. The van der Waals surface area contributed by atoms with Gasteiger partial charge < -0.3 is 23.5 Å². The van der Waals surface area contributed by atoms with Crippen molar-refractivity contribution in [2.45, 2.75) is 20.1 Å². The zero-order valence-electron chi connectivity index (χ0n) is 19.3. The Kier molecular flexibility index (Phi) is 5.72. The Morgan fingerprint density at radius 2 is 1.65 bits per heavy atom. The van der Waals surface area contributed by atoms with E-state index in [1.807, 2.05) is 48.7 Å². The molecule has 4 aromatic rings. The minimum atomic E-state index is -0.142. The summed E-state index contributed by atoms with van der Waals surface area (Å²) in [6, 6.07) is 18.9. The second-order valence-electron chi connectivity index (χ2n) is 7.99. The number of Topliss-reactive ketones (excluding diaryl/α,β-unsaturated/α-hetero) is 1. The number of carbonyl (C=O) groups is 1. The Morgan fingerprint density at radius 3 is 2.38 bits per heavy atom. The first-order valence-electron chi connectivity index (χ1n) is 11.1. The molecule has 5 rings (SSSR count). The number of ketones is 1. The number of hydrogen-bond acceptors (Lipinski definition) is 5. The van der Waals surface area contributed by atoms with E-state index in [1.165, 1.54) is 0 Å². The lowest BCUT2D eigenvalue weighted by molar-refractivity contribution is 0.101. The summed E-state index contributed by atoms with van der Waals surface area (Å²) in [5, 5.41) is 1.00. The summed E-state index contributed by atoms with van der Waals surface area (Å²) in [4.78, 5) is 13.0. The van der Waals surface area contributed by atoms with Crippen molar-refractivity contribution in [3.8, 4) is 23.0 Å². The molecule has 0 saturated carbocycles. The fourth-order valence-electron chi connectivity index (χ4n) is 4.09. The number of benzene rings is 3. The van der Waals surface area contributed by atoms with Crippen LogP contribution in [0.15, 0.2) is 72.6 Å². The van der Waals surface area contributed by atoms with Gasteiger partial charge in [0.2, 0.25) is 5.78 Å². The number of rotatable bonds is 7. The quantitative estimate of drug-likeness (QED) is 0.326. The third-order valence-electron chi connectivity index (χ3n) is 5.95. The highest BCUT2D eigenvalue weighted by atomic mass is 16.5. The van der Waals surface area contributed by atoms with Gasteiger partial charge in [0.15, 0.2) is 5.76 Å². The average molecular weight is 456 g/mol. The molecule has 0 saturated heterocycles. The number of nitrogens with zero attached hydrogens (tertiary/aromatic N) is 1. The molecule has 0 spiro atoms. The lowest BCUT2D eigenvalue weighted by Gasteiger charge is -2.08. The third kappa shape index (κ3) is 3.99. The van der Waals surface area contributed by atoms with Crippen molar-refractivity contribution in [1.29, 1.82) is 0 Å². The monoisotopic (exact) mass is 455 g/mol. The Labute approximate surface area is 197 Å². The highest BCUT2D eigenvalue weighted by molar-refractivity contribution is 6.15. The van der Waals surface area contributed by atoms with E-state index < -0.39 is 0 Å². The SMILES string of the molecule is CCn1cc(C=C2Oc3cc(OCc4ccc(OC)cc4)ccc3C2=O)c2cc(OC)ccc21. The number of carbonyl (C=O) groups excluding carboxylic acids is 1. The van der Waals surface area contributed by atoms with Crippen molar-refractivity contribution in [3.63, 3.8) is 0 Å². The van der Waals surface area contributed by atoms with Crippen molar-refractivity contribution in [3.05, 3.63) is 89.3 Å². The van der Waals surface area contributed by atoms with E-state index in [4.69, 9.17) is 18.9 Å². The third-order valence-corrected chi connectivity index (χ3v) is 5.95. The Morgan fingerprint density at radius 1 is 0.912 bits per heavy atom. The zero-order valence-corrected chi connectivity index (χ0v) is 19.3. The van der Waals surface area contributed by atoms with Crippen molar-refractivity contribution in [1.82, 2.24) is 4.57 Å². The van der Waals surface area contributed by atoms with Gasteiger partial charge in [-0.05, 0) is 61.0 Å². The maximum Gasteiger partial charge on any atom is 0.231 e. The molecule has 0 fully saturated rings. The summed E-state index contributed by atoms with van der Waals surface area (Å²) >= 11 is 0. The molecule has 3 aromatic carbocycles. The highest BCUT2D eigenvalue weighted by Crippen LogP contribution is 2.36. The maximum atomic E-state index is 13.0. The summed E-state index contributed by atoms with van der Waals surface area (Å²) < 4.78 is 24.6. The molecule has 0 radical (unpaired) electrons. The lowest BCUT2D eigenvalue weighted by Crippen LogP contribution is -1.98. The number of allylic oxidation sites excluding steroid dienone is 1. The standard InChI is InChI=1S/C28H25NO5/c1-4-29-16-19(24-14-21(32-3)10-12-25(24)29)13-27-28(30)23-11-9-22(15-26(23)34-27)33-17-18-5-7-20(31-2)8-6-18/h5-16H,4,17H2,1-3H3. The van der Waals surface area contributed by atoms with Crippen molar-refractivity contribution in [2.75, 3.05) is 14.2 Å². The first kappa shape index (κ1) is 21.6. The van der Waals surface area contributed by atoms with Gasteiger partial charge in [-0.2, -0.15) is 0 Å². The van der Waals surface area contributed by atoms with Crippen LogP contribution in [0.2, 0.25) is 0 Å². The van der Waals surface area contributed by atoms with E-state index in [-0.39, 0.29) is 5.78 Å². The number of methoxy groups -OCH3 is 2. The molecule has 0 N–H and O–H groups in total. The van der Waals surface area contributed by atoms with Crippen LogP contribution in [0.3, 0.4) is 0 Å². The van der Waals surface area contributed by atoms with Gasteiger partial charge in [0.25, 0.3) is 0 Å². The summed E-state index contributed by atoms with van der Waals surface area (Å²) in [7, 11) is 3.28. The van der Waals surface area contributed by atoms with Crippen LogP contribution in [0.5, 0.6) is 23.0 Å². The maximum absolute atomic E-state index is 13.0. The van der Waals surface area contributed by atoms with E-state index in [9.17, 15) is 4.79 Å². The predicted molar refractivity (Wildman–Crippen MR) is 131 cm³/mol. The molecule has 0 atom stereocenters.